The Morgan fingerprint density at radius 2 is 1.70 bits per heavy atom. The molecule has 0 saturated heterocycles. The molecule has 1 unspecified atom stereocenters. The van der Waals surface area contributed by atoms with E-state index < -0.39 is 35.4 Å². The number of primary amides is 1. The first-order valence-corrected chi connectivity index (χ1v) is 14.3. The summed E-state index contributed by atoms with van der Waals surface area (Å²) in [6.07, 6.45) is -3.25. The summed E-state index contributed by atoms with van der Waals surface area (Å²) in [6, 6.07) is 18.7. The van der Waals surface area contributed by atoms with Crippen molar-refractivity contribution in [2.45, 2.75) is 38.6 Å². The number of nitrogens with two attached hydrogens (primary N) is 1. The number of rotatable bonds is 10. The SMILES string of the molecule is CC(C)[C@H](NC(=O)c1cnc(OCc2ccc(C(F)(F)F)cc2)nc1N1CC(c2ccccc2)C(c2ccc(F)cc2)=N1)C(N)=O. The van der Waals surface area contributed by atoms with Gasteiger partial charge in [-0.3, -0.25) is 9.59 Å². The van der Waals surface area contributed by atoms with Gasteiger partial charge in [0.1, 0.15) is 24.0 Å². The Bertz CT molecular complexity index is 1730. The number of hydrazone groups is 1. The van der Waals surface area contributed by atoms with Crippen LogP contribution in [0.1, 0.15) is 52.4 Å². The van der Waals surface area contributed by atoms with Crippen LogP contribution in [0.25, 0.3) is 0 Å². The summed E-state index contributed by atoms with van der Waals surface area (Å²) in [7, 11) is 0. The van der Waals surface area contributed by atoms with Crippen LogP contribution >= 0.6 is 0 Å². The van der Waals surface area contributed by atoms with Gasteiger partial charge in [0.25, 0.3) is 5.91 Å². The number of benzene rings is 3. The average molecular weight is 635 g/mol. The predicted octanol–water partition coefficient (Wildman–Crippen LogP) is 5.46. The predicted molar refractivity (Wildman–Crippen MR) is 163 cm³/mol. The summed E-state index contributed by atoms with van der Waals surface area (Å²) in [5, 5.41) is 8.95. The minimum Gasteiger partial charge on any atom is -0.459 e. The van der Waals surface area contributed by atoms with Crippen LogP contribution in [0, 0.1) is 11.7 Å². The lowest BCUT2D eigenvalue weighted by atomic mass is 9.90. The van der Waals surface area contributed by atoms with E-state index in [1.165, 1.54) is 35.5 Å². The number of hydrogen-bond donors (Lipinski definition) is 2. The second kappa shape index (κ2) is 13.3. The Hall–Kier alpha value is -5.33. The largest absolute Gasteiger partial charge is 0.459 e. The number of anilines is 1. The number of carbonyl (C=O) groups excluding carboxylic acids is 2. The van der Waals surface area contributed by atoms with Gasteiger partial charge in [-0.25, -0.2) is 14.4 Å². The lowest BCUT2D eigenvalue weighted by Gasteiger charge is -2.22. The maximum absolute atomic E-state index is 13.8. The number of amides is 2. The molecule has 2 heterocycles. The van der Waals surface area contributed by atoms with Gasteiger partial charge in [-0.05, 0) is 46.9 Å². The van der Waals surface area contributed by atoms with Crippen LogP contribution in [-0.2, 0) is 17.6 Å². The van der Waals surface area contributed by atoms with Gasteiger partial charge in [-0.15, -0.1) is 0 Å². The molecule has 1 aliphatic heterocycles. The molecule has 3 aromatic carbocycles. The second-order valence-electron chi connectivity index (χ2n) is 11.0. The lowest BCUT2D eigenvalue weighted by Crippen LogP contribution is -2.48. The molecule has 0 bridgehead atoms. The smallest absolute Gasteiger partial charge is 0.416 e. The van der Waals surface area contributed by atoms with Crippen LogP contribution in [0.4, 0.5) is 23.4 Å². The number of ether oxygens (including phenoxy) is 1. The Labute approximate surface area is 262 Å². The monoisotopic (exact) mass is 634 g/mol. The van der Waals surface area contributed by atoms with Gasteiger partial charge in [0.2, 0.25) is 5.91 Å². The van der Waals surface area contributed by atoms with Crippen LogP contribution in [-0.4, -0.2) is 40.1 Å². The highest BCUT2D eigenvalue weighted by atomic mass is 19.4. The normalized spacial score (nSPS) is 15.4. The number of alkyl halides is 3. The third-order valence-electron chi connectivity index (χ3n) is 7.40. The third kappa shape index (κ3) is 7.31. The summed E-state index contributed by atoms with van der Waals surface area (Å²) in [5.41, 5.74) is 7.31. The lowest BCUT2D eigenvalue weighted by molar-refractivity contribution is -0.137. The van der Waals surface area contributed by atoms with E-state index in [1.54, 1.807) is 26.0 Å². The zero-order valence-electron chi connectivity index (χ0n) is 24.8. The molecular weight excluding hydrogens is 604 g/mol. The molecule has 3 N–H and O–H groups in total. The maximum Gasteiger partial charge on any atom is 0.416 e. The van der Waals surface area contributed by atoms with Gasteiger partial charge >= 0.3 is 12.2 Å². The van der Waals surface area contributed by atoms with Gasteiger partial charge in [-0.1, -0.05) is 68.4 Å². The van der Waals surface area contributed by atoms with Crippen molar-refractivity contribution in [3.8, 4) is 6.01 Å². The number of aromatic nitrogens is 2. The fraction of sp³-hybridized carbons (Fsp3) is 0.242. The molecule has 1 aromatic heterocycles. The standard InChI is InChI=1S/C33H30F4N6O3/c1-19(2)27(29(38)44)40-31(45)25-16-39-32(46-18-20-8-12-23(13-9-20)33(35,36)37)41-30(25)43-17-26(21-6-4-3-5-7-21)28(42-43)22-10-14-24(34)15-11-22/h3-16,19,26-27H,17-18H2,1-2H3,(H2,38,44)(H,40,45)/t26?,27-/m0/s1. The van der Waals surface area contributed by atoms with E-state index in [-0.39, 0.29) is 42.4 Å². The Morgan fingerprint density at radius 3 is 2.30 bits per heavy atom. The molecule has 9 nitrogen and oxygen atoms in total. The quantitative estimate of drug-likeness (QED) is 0.224. The van der Waals surface area contributed by atoms with Crippen molar-refractivity contribution < 1.29 is 31.9 Å². The third-order valence-corrected chi connectivity index (χ3v) is 7.40. The highest BCUT2D eigenvalue weighted by Gasteiger charge is 2.34. The van der Waals surface area contributed by atoms with Gasteiger partial charge in [0.05, 0.1) is 17.8 Å². The topological polar surface area (TPSA) is 123 Å². The second-order valence-corrected chi connectivity index (χ2v) is 11.0. The van der Waals surface area contributed by atoms with E-state index in [2.05, 4.69) is 15.3 Å². The van der Waals surface area contributed by atoms with Gasteiger partial charge < -0.3 is 15.8 Å². The molecule has 0 radical (unpaired) electrons. The molecule has 0 fully saturated rings. The first kappa shape index (κ1) is 32.1. The van der Waals surface area contributed by atoms with Gasteiger partial charge in [-0.2, -0.15) is 23.3 Å². The molecule has 5 rings (SSSR count). The van der Waals surface area contributed by atoms with Crippen molar-refractivity contribution in [3.05, 3.63) is 119 Å². The van der Waals surface area contributed by atoms with Crippen LogP contribution in [0.3, 0.4) is 0 Å². The molecule has 0 aliphatic carbocycles. The molecule has 2 atom stereocenters. The Balaban J connectivity index is 1.52. The summed E-state index contributed by atoms with van der Waals surface area (Å²) in [4.78, 5) is 34.2. The van der Waals surface area contributed by atoms with Crippen molar-refractivity contribution in [2.24, 2.45) is 16.8 Å². The van der Waals surface area contributed by atoms with Crippen LogP contribution < -0.4 is 20.8 Å². The molecule has 13 heteroatoms. The maximum atomic E-state index is 13.8. The molecule has 46 heavy (non-hydrogen) atoms. The summed E-state index contributed by atoms with van der Waals surface area (Å²) in [5.74, 6) is -2.36. The molecule has 2 amide bonds. The summed E-state index contributed by atoms with van der Waals surface area (Å²) >= 11 is 0. The summed E-state index contributed by atoms with van der Waals surface area (Å²) in [6.45, 7) is 3.54. The highest BCUT2D eigenvalue weighted by Crippen LogP contribution is 2.34. The van der Waals surface area contributed by atoms with Crippen molar-refractivity contribution in [1.29, 1.82) is 0 Å². The van der Waals surface area contributed by atoms with E-state index in [9.17, 15) is 27.2 Å². The zero-order chi connectivity index (χ0) is 33.0. The van der Waals surface area contributed by atoms with Crippen molar-refractivity contribution in [3.63, 3.8) is 0 Å². The first-order chi connectivity index (χ1) is 21.9. The fourth-order valence-electron chi connectivity index (χ4n) is 4.97. The molecule has 0 saturated carbocycles. The number of carbonyl (C=O) groups is 2. The van der Waals surface area contributed by atoms with Crippen LogP contribution in [0.2, 0.25) is 0 Å². The van der Waals surface area contributed by atoms with E-state index in [0.29, 0.717) is 16.8 Å². The number of nitrogens with zero attached hydrogens (tertiary/aromatic N) is 4. The van der Waals surface area contributed by atoms with E-state index in [1.807, 2.05) is 30.3 Å². The minimum atomic E-state index is -4.47. The molecule has 4 aromatic rings. The summed E-state index contributed by atoms with van der Waals surface area (Å²) < 4.78 is 58.5. The molecule has 1 aliphatic rings. The fourth-order valence-corrected chi connectivity index (χ4v) is 4.97. The van der Waals surface area contributed by atoms with E-state index in [4.69, 9.17) is 15.6 Å². The van der Waals surface area contributed by atoms with Crippen molar-refractivity contribution in [1.82, 2.24) is 15.3 Å². The minimum absolute atomic E-state index is 0.0234. The van der Waals surface area contributed by atoms with Gasteiger partial charge in [0.15, 0.2) is 5.82 Å². The van der Waals surface area contributed by atoms with E-state index >= 15 is 0 Å². The molecular formula is C33H30F4N6O3. The Morgan fingerprint density at radius 1 is 1.02 bits per heavy atom. The van der Waals surface area contributed by atoms with Crippen LogP contribution in [0.15, 0.2) is 90.2 Å². The number of nitrogens with one attached hydrogen (secondary N) is 1. The first-order valence-electron chi connectivity index (χ1n) is 14.3. The number of halogens is 4. The zero-order valence-corrected chi connectivity index (χ0v) is 24.8. The highest BCUT2D eigenvalue weighted by molar-refractivity contribution is 6.08. The van der Waals surface area contributed by atoms with Gasteiger partial charge in [0, 0.05) is 12.1 Å². The van der Waals surface area contributed by atoms with E-state index in [0.717, 1.165) is 17.7 Å². The Kier molecular flexibility index (Phi) is 9.31. The average Bonchev–Trinajstić information content (AvgIpc) is 3.48. The van der Waals surface area contributed by atoms with Crippen LogP contribution in [0.5, 0.6) is 6.01 Å². The number of hydrogen-bond acceptors (Lipinski definition) is 7. The molecule has 238 valence electrons. The van der Waals surface area contributed by atoms with Crippen molar-refractivity contribution in [2.75, 3.05) is 11.6 Å². The molecule has 0 spiro atoms. The van der Waals surface area contributed by atoms with Crippen molar-refractivity contribution >= 4 is 23.3 Å².